The van der Waals surface area contributed by atoms with Crippen molar-refractivity contribution in [2.45, 2.75) is 0 Å². The number of benzene rings is 4. The van der Waals surface area contributed by atoms with Crippen molar-refractivity contribution in [3.8, 4) is 34.2 Å². The fraction of sp³-hybridized carbons (Fsp3) is 0.0345. The lowest BCUT2D eigenvalue weighted by Gasteiger charge is -2.09. The number of amides is 1. The van der Waals surface area contributed by atoms with E-state index in [-0.39, 0.29) is 5.91 Å². The van der Waals surface area contributed by atoms with Crippen molar-refractivity contribution in [3.63, 3.8) is 0 Å². The van der Waals surface area contributed by atoms with Gasteiger partial charge in [-0.3, -0.25) is 4.79 Å². The van der Waals surface area contributed by atoms with Gasteiger partial charge in [0, 0.05) is 23.0 Å². The second-order valence-corrected chi connectivity index (χ2v) is 7.82. The maximum absolute atomic E-state index is 12.7. The summed E-state index contributed by atoms with van der Waals surface area (Å²) in [5.74, 6) is 2.06. The predicted octanol–water partition coefficient (Wildman–Crippen LogP) is 6.59. The molecular formula is C29H23N3O3. The Bertz CT molecular complexity index is 1430. The third-order valence-corrected chi connectivity index (χ3v) is 5.44. The standard InChI is InChI=1S/C29H23N3O3/c1-34-27-9-5-6-22(20-27)28-18-19-32(31-28)24-14-10-21(11-15-24)29(33)30-23-12-16-26(17-13-23)35-25-7-3-2-4-8-25/h2-20H,1H3,(H,30,33). The smallest absolute Gasteiger partial charge is 0.255 e. The van der Waals surface area contributed by atoms with E-state index < -0.39 is 0 Å². The van der Waals surface area contributed by atoms with Gasteiger partial charge in [-0.1, -0.05) is 30.3 Å². The van der Waals surface area contributed by atoms with Crippen LogP contribution in [-0.4, -0.2) is 22.8 Å². The minimum Gasteiger partial charge on any atom is -0.497 e. The lowest BCUT2D eigenvalue weighted by atomic mass is 10.1. The number of hydrogen-bond acceptors (Lipinski definition) is 4. The monoisotopic (exact) mass is 461 g/mol. The van der Waals surface area contributed by atoms with Gasteiger partial charge in [0.25, 0.3) is 5.91 Å². The minimum atomic E-state index is -0.189. The second kappa shape index (κ2) is 9.97. The average Bonchev–Trinajstić information content (AvgIpc) is 3.41. The first-order valence-electron chi connectivity index (χ1n) is 11.1. The molecule has 0 spiro atoms. The number of ether oxygens (including phenoxy) is 2. The SMILES string of the molecule is COc1cccc(-c2ccn(-c3ccc(C(=O)Nc4ccc(Oc5ccccc5)cc4)cc3)n2)c1. The van der Waals surface area contributed by atoms with E-state index in [4.69, 9.17) is 9.47 Å². The van der Waals surface area contributed by atoms with Gasteiger partial charge in [0.1, 0.15) is 17.2 Å². The van der Waals surface area contributed by atoms with Gasteiger partial charge in [0.15, 0.2) is 0 Å². The van der Waals surface area contributed by atoms with Gasteiger partial charge in [-0.25, -0.2) is 4.68 Å². The number of carbonyl (C=O) groups excluding carboxylic acids is 1. The number of methoxy groups -OCH3 is 1. The first kappa shape index (κ1) is 22.0. The summed E-state index contributed by atoms with van der Waals surface area (Å²) in [6.45, 7) is 0. The first-order valence-corrected chi connectivity index (χ1v) is 11.1. The van der Waals surface area contributed by atoms with Crippen LogP contribution in [0.25, 0.3) is 16.9 Å². The maximum Gasteiger partial charge on any atom is 0.255 e. The molecule has 1 N–H and O–H groups in total. The lowest BCUT2D eigenvalue weighted by Crippen LogP contribution is -2.11. The topological polar surface area (TPSA) is 65.4 Å². The van der Waals surface area contributed by atoms with Crippen molar-refractivity contribution >= 4 is 11.6 Å². The molecule has 0 saturated heterocycles. The number of aromatic nitrogens is 2. The van der Waals surface area contributed by atoms with E-state index in [1.165, 1.54) is 0 Å². The zero-order valence-electron chi connectivity index (χ0n) is 19.1. The molecule has 0 unspecified atom stereocenters. The normalized spacial score (nSPS) is 10.5. The summed E-state index contributed by atoms with van der Waals surface area (Å²) >= 11 is 0. The van der Waals surface area contributed by atoms with Crippen LogP contribution in [-0.2, 0) is 0 Å². The highest BCUT2D eigenvalue weighted by Crippen LogP contribution is 2.24. The molecule has 0 aliphatic rings. The molecule has 0 aliphatic heterocycles. The number of rotatable bonds is 7. The number of nitrogens with one attached hydrogen (secondary N) is 1. The minimum absolute atomic E-state index is 0.189. The summed E-state index contributed by atoms with van der Waals surface area (Å²) in [6, 6.07) is 33.8. The average molecular weight is 462 g/mol. The molecule has 0 fully saturated rings. The maximum atomic E-state index is 12.7. The summed E-state index contributed by atoms with van der Waals surface area (Å²) in [7, 11) is 1.64. The van der Waals surface area contributed by atoms with E-state index >= 15 is 0 Å². The van der Waals surface area contributed by atoms with E-state index in [9.17, 15) is 4.79 Å². The van der Waals surface area contributed by atoms with E-state index in [0.29, 0.717) is 17.0 Å². The lowest BCUT2D eigenvalue weighted by molar-refractivity contribution is 0.102. The molecule has 4 aromatic carbocycles. The molecule has 172 valence electrons. The quantitative estimate of drug-likeness (QED) is 0.297. The summed E-state index contributed by atoms with van der Waals surface area (Å²) in [6.07, 6.45) is 1.89. The third-order valence-electron chi connectivity index (χ3n) is 5.44. The summed E-state index contributed by atoms with van der Waals surface area (Å²) < 4.78 is 12.9. The number of nitrogens with zero attached hydrogens (tertiary/aromatic N) is 2. The molecule has 1 aromatic heterocycles. The van der Waals surface area contributed by atoms with Crippen molar-refractivity contribution in [2.75, 3.05) is 12.4 Å². The van der Waals surface area contributed by atoms with Crippen LogP contribution in [0.1, 0.15) is 10.4 Å². The number of para-hydroxylation sites is 1. The molecule has 1 heterocycles. The third kappa shape index (κ3) is 5.23. The molecular weight excluding hydrogens is 438 g/mol. The van der Waals surface area contributed by atoms with Crippen LogP contribution < -0.4 is 14.8 Å². The molecule has 0 atom stereocenters. The highest BCUT2D eigenvalue weighted by atomic mass is 16.5. The molecule has 0 aliphatic carbocycles. The van der Waals surface area contributed by atoms with Crippen LogP contribution in [0, 0.1) is 0 Å². The Balaban J connectivity index is 1.23. The van der Waals surface area contributed by atoms with Crippen molar-refractivity contribution in [1.82, 2.24) is 9.78 Å². The Morgan fingerprint density at radius 1 is 0.771 bits per heavy atom. The Hall–Kier alpha value is -4.84. The van der Waals surface area contributed by atoms with Gasteiger partial charge in [0.05, 0.1) is 18.5 Å². The molecule has 0 saturated carbocycles. The summed E-state index contributed by atoms with van der Waals surface area (Å²) in [5, 5.41) is 7.57. The number of carbonyl (C=O) groups is 1. The second-order valence-electron chi connectivity index (χ2n) is 7.82. The molecule has 1 amide bonds. The van der Waals surface area contributed by atoms with E-state index in [0.717, 1.165) is 28.4 Å². The Morgan fingerprint density at radius 3 is 2.23 bits per heavy atom. The van der Waals surface area contributed by atoms with Crippen molar-refractivity contribution in [1.29, 1.82) is 0 Å². The zero-order chi connectivity index (χ0) is 24.0. The van der Waals surface area contributed by atoms with Gasteiger partial charge in [-0.15, -0.1) is 0 Å². The predicted molar refractivity (Wildman–Crippen MR) is 136 cm³/mol. The Kier molecular flexibility index (Phi) is 6.26. The number of anilines is 1. The van der Waals surface area contributed by atoms with Crippen molar-refractivity contribution in [3.05, 3.63) is 121 Å². The molecule has 0 radical (unpaired) electrons. The fourth-order valence-corrected chi connectivity index (χ4v) is 3.60. The molecule has 35 heavy (non-hydrogen) atoms. The molecule has 5 aromatic rings. The highest BCUT2D eigenvalue weighted by Gasteiger charge is 2.09. The summed E-state index contributed by atoms with van der Waals surface area (Å²) in [4.78, 5) is 12.7. The van der Waals surface area contributed by atoms with Gasteiger partial charge >= 0.3 is 0 Å². The first-order chi connectivity index (χ1) is 17.2. The van der Waals surface area contributed by atoms with Crippen LogP contribution in [0.15, 0.2) is 115 Å². The van der Waals surface area contributed by atoms with Gasteiger partial charge < -0.3 is 14.8 Å². The van der Waals surface area contributed by atoms with Gasteiger partial charge in [-0.2, -0.15) is 5.10 Å². The van der Waals surface area contributed by atoms with E-state index in [1.807, 2.05) is 103 Å². The van der Waals surface area contributed by atoms with Crippen LogP contribution in [0.2, 0.25) is 0 Å². The van der Waals surface area contributed by atoms with E-state index in [2.05, 4.69) is 10.4 Å². The Labute approximate surface area is 203 Å². The van der Waals surface area contributed by atoms with Gasteiger partial charge in [0.2, 0.25) is 0 Å². The Morgan fingerprint density at radius 2 is 1.49 bits per heavy atom. The van der Waals surface area contributed by atoms with Crippen LogP contribution in [0.5, 0.6) is 17.2 Å². The largest absolute Gasteiger partial charge is 0.497 e. The van der Waals surface area contributed by atoms with Crippen molar-refractivity contribution in [2.24, 2.45) is 0 Å². The van der Waals surface area contributed by atoms with Crippen molar-refractivity contribution < 1.29 is 14.3 Å². The fourth-order valence-electron chi connectivity index (χ4n) is 3.60. The molecule has 6 heteroatoms. The highest BCUT2D eigenvalue weighted by molar-refractivity contribution is 6.04. The van der Waals surface area contributed by atoms with Crippen LogP contribution in [0.3, 0.4) is 0 Å². The molecule has 0 bridgehead atoms. The summed E-state index contributed by atoms with van der Waals surface area (Å²) in [5.41, 5.74) is 3.91. The van der Waals surface area contributed by atoms with Gasteiger partial charge in [-0.05, 0) is 78.9 Å². The van der Waals surface area contributed by atoms with Crippen LogP contribution in [0.4, 0.5) is 5.69 Å². The zero-order valence-corrected chi connectivity index (χ0v) is 19.1. The molecule has 6 nitrogen and oxygen atoms in total. The van der Waals surface area contributed by atoms with E-state index in [1.54, 1.807) is 23.9 Å². The molecule has 5 rings (SSSR count). The number of hydrogen-bond donors (Lipinski definition) is 1. The van der Waals surface area contributed by atoms with Crippen LogP contribution >= 0.6 is 0 Å².